The largest absolute Gasteiger partial charge is 0.464 e. The van der Waals surface area contributed by atoms with E-state index in [9.17, 15) is 14.4 Å². The van der Waals surface area contributed by atoms with Gasteiger partial charge in [0.05, 0.1) is 6.61 Å². The molecule has 0 aromatic heterocycles. The molecule has 1 N–H and O–H groups in total. The molecule has 0 aliphatic rings. The number of rotatable bonds is 9. The zero-order valence-corrected chi connectivity index (χ0v) is 13.2. The first-order chi connectivity index (χ1) is 9.01. The Hall–Kier alpha value is -0.690. The van der Waals surface area contributed by atoms with E-state index in [1.165, 1.54) is 6.92 Å². The molecular formula is C12H21NO4S2. The molecule has 1 atom stereocenters. The highest BCUT2D eigenvalue weighted by Gasteiger charge is 2.21. The first kappa shape index (κ1) is 18.3. The van der Waals surface area contributed by atoms with Gasteiger partial charge in [0.2, 0.25) is 5.91 Å². The summed E-state index contributed by atoms with van der Waals surface area (Å²) in [5.74, 6) is 0.572. The number of nitrogens with one attached hydrogen (secondary N) is 1. The Kier molecular flexibility index (Phi) is 10.8. The molecule has 1 amide bonds. The Bertz CT molecular complexity index is 310. The Morgan fingerprint density at radius 3 is 2.47 bits per heavy atom. The monoisotopic (exact) mass is 307 g/mol. The number of hydrogen-bond acceptors (Lipinski definition) is 6. The van der Waals surface area contributed by atoms with Crippen LogP contribution in [0.3, 0.4) is 0 Å². The van der Waals surface area contributed by atoms with Gasteiger partial charge in [0.25, 0.3) is 0 Å². The van der Waals surface area contributed by atoms with Gasteiger partial charge in [-0.2, -0.15) is 11.8 Å². The maximum atomic E-state index is 11.7. The molecule has 0 aromatic rings. The molecule has 0 heterocycles. The topological polar surface area (TPSA) is 72.5 Å². The summed E-state index contributed by atoms with van der Waals surface area (Å²) in [6.07, 6.45) is 2.71. The van der Waals surface area contributed by atoms with Crippen molar-refractivity contribution in [3.63, 3.8) is 0 Å². The van der Waals surface area contributed by atoms with E-state index in [1.807, 2.05) is 6.26 Å². The molecule has 19 heavy (non-hydrogen) atoms. The third-order valence-electron chi connectivity index (χ3n) is 2.15. The SMILES string of the molecule is CCOC(=O)[C@H](CCSC)NC(=O)CCSC(C)=O. The third-order valence-corrected chi connectivity index (χ3v) is 3.61. The first-order valence-corrected chi connectivity index (χ1v) is 8.47. The zero-order valence-electron chi connectivity index (χ0n) is 11.6. The molecule has 0 spiro atoms. The molecular weight excluding hydrogens is 286 g/mol. The van der Waals surface area contributed by atoms with E-state index in [4.69, 9.17) is 4.74 Å². The smallest absolute Gasteiger partial charge is 0.328 e. The summed E-state index contributed by atoms with van der Waals surface area (Å²) in [4.78, 5) is 34.1. The number of amides is 1. The van der Waals surface area contributed by atoms with E-state index >= 15 is 0 Å². The Balaban J connectivity index is 4.17. The normalized spacial score (nSPS) is 11.7. The Labute approximate surface area is 122 Å². The van der Waals surface area contributed by atoms with Crippen molar-refractivity contribution in [2.75, 3.05) is 24.4 Å². The number of carbonyl (C=O) groups excluding carboxylic acids is 3. The summed E-state index contributed by atoms with van der Waals surface area (Å²) < 4.78 is 4.92. The highest BCUT2D eigenvalue weighted by Crippen LogP contribution is 2.06. The highest BCUT2D eigenvalue weighted by atomic mass is 32.2. The van der Waals surface area contributed by atoms with E-state index in [0.29, 0.717) is 18.8 Å². The molecule has 0 rings (SSSR count). The predicted octanol–water partition coefficient (Wildman–Crippen LogP) is 1.46. The fourth-order valence-corrected chi connectivity index (χ4v) is 2.33. The predicted molar refractivity (Wildman–Crippen MR) is 79.3 cm³/mol. The Morgan fingerprint density at radius 1 is 1.26 bits per heavy atom. The van der Waals surface area contributed by atoms with Gasteiger partial charge in [-0.05, 0) is 25.4 Å². The van der Waals surface area contributed by atoms with Crippen molar-refractivity contribution in [2.24, 2.45) is 0 Å². The average Bonchev–Trinajstić information content (AvgIpc) is 2.34. The van der Waals surface area contributed by atoms with Crippen LogP contribution in [0.15, 0.2) is 0 Å². The summed E-state index contributed by atoms with van der Waals surface area (Å²) >= 11 is 2.71. The minimum absolute atomic E-state index is 0.0166. The lowest BCUT2D eigenvalue weighted by molar-refractivity contribution is -0.147. The lowest BCUT2D eigenvalue weighted by Gasteiger charge is -2.16. The molecule has 5 nitrogen and oxygen atoms in total. The minimum Gasteiger partial charge on any atom is -0.464 e. The molecule has 7 heteroatoms. The van der Waals surface area contributed by atoms with Crippen molar-refractivity contribution in [2.45, 2.75) is 32.7 Å². The second-order valence-corrected chi connectivity index (χ2v) is 6.00. The molecule has 0 aliphatic carbocycles. The van der Waals surface area contributed by atoms with Crippen LogP contribution in [0.25, 0.3) is 0 Å². The van der Waals surface area contributed by atoms with E-state index in [0.717, 1.165) is 17.5 Å². The van der Waals surface area contributed by atoms with Crippen LogP contribution in [-0.4, -0.2) is 47.4 Å². The van der Waals surface area contributed by atoms with E-state index in [2.05, 4.69) is 5.32 Å². The van der Waals surface area contributed by atoms with E-state index in [1.54, 1.807) is 18.7 Å². The van der Waals surface area contributed by atoms with Crippen LogP contribution in [0.5, 0.6) is 0 Å². The van der Waals surface area contributed by atoms with Crippen LogP contribution < -0.4 is 5.32 Å². The zero-order chi connectivity index (χ0) is 14.7. The van der Waals surface area contributed by atoms with Crippen molar-refractivity contribution in [1.29, 1.82) is 0 Å². The lowest BCUT2D eigenvalue weighted by atomic mass is 10.2. The fraction of sp³-hybridized carbons (Fsp3) is 0.750. The summed E-state index contributed by atoms with van der Waals surface area (Å²) in [6.45, 7) is 3.49. The van der Waals surface area contributed by atoms with Gasteiger partial charge in [-0.15, -0.1) is 0 Å². The Morgan fingerprint density at radius 2 is 1.95 bits per heavy atom. The van der Waals surface area contributed by atoms with E-state index in [-0.39, 0.29) is 17.4 Å². The van der Waals surface area contributed by atoms with Crippen LogP contribution in [0, 0.1) is 0 Å². The standard InChI is InChI=1S/C12H21NO4S2/c1-4-17-12(16)10(5-7-18-3)13-11(15)6-8-19-9(2)14/h10H,4-8H2,1-3H3,(H,13,15)/t10-/m0/s1. The van der Waals surface area contributed by atoms with Gasteiger partial charge in [0.1, 0.15) is 6.04 Å². The lowest BCUT2D eigenvalue weighted by Crippen LogP contribution is -2.42. The minimum atomic E-state index is -0.595. The summed E-state index contributed by atoms with van der Waals surface area (Å²) in [5.41, 5.74) is 0. The molecule has 110 valence electrons. The first-order valence-electron chi connectivity index (χ1n) is 6.09. The maximum Gasteiger partial charge on any atom is 0.328 e. The number of esters is 1. The second-order valence-electron chi connectivity index (χ2n) is 3.74. The molecule has 0 aliphatic heterocycles. The van der Waals surface area contributed by atoms with Gasteiger partial charge in [0.15, 0.2) is 5.12 Å². The van der Waals surface area contributed by atoms with Crippen molar-refractivity contribution in [3.8, 4) is 0 Å². The number of ether oxygens (including phenoxy) is 1. The molecule has 0 aromatic carbocycles. The van der Waals surface area contributed by atoms with Crippen molar-refractivity contribution in [1.82, 2.24) is 5.32 Å². The van der Waals surface area contributed by atoms with Crippen LogP contribution in [0.1, 0.15) is 26.7 Å². The van der Waals surface area contributed by atoms with E-state index < -0.39 is 12.0 Å². The molecule has 0 unspecified atom stereocenters. The quantitative estimate of drug-likeness (QED) is 0.650. The van der Waals surface area contributed by atoms with Gasteiger partial charge in [-0.1, -0.05) is 11.8 Å². The van der Waals surface area contributed by atoms with Crippen molar-refractivity contribution in [3.05, 3.63) is 0 Å². The number of thioether (sulfide) groups is 2. The van der Waals surface area contributed by atoms with Gasteiger partial charge < -0.3 is 10.1 Å². The summed E-state index contributed by atoms with van der Waals surface area (Å²) in [5, 5.41) is 2.64. The third kappa shape index (κ3) is 9.84. The summed E-state index contributed by atoms with van der Waals surface area (Å²) in [6, 6.07) is -0.595. The van der Waals surface area contributed by atoms with Crippen LogP contribution in [-0.2, 0) is 19.1 Å². The van der Waals surface area contributed by atoms with Crippen molar-refractivity contribution < 1.29 is 19.1 Å². The fourth-order valence-electron chi connectivity index (χ4n) is 1.28. The number of hydrogen-bond donors (Lipinski definition) is 1. The van der Waals surface area contributed by atoms with Gasteiger partial charge in [0, 0.05) is 19.1 Å². The highest BCUT2D eigenvalue weighted by molar-refractivity contribution is 8.13. The average molecular weight is 307 g/mol. The van der Waals surface area contributed by atoms with Gasteiger partial charge >= 0.3 is 5.97 Å². The molecule has 0 bridgehead atoms. The molecule has 0 radical (unpaired) electrons. The summed E-state index contributed by atoms with van der Waals surface area (Å²) in [7, 11) is 0. The van der Waals surface area contributed by atoms with Crippen molar-refractivity contribution >= 4 is 40.5 Å². The molecule has 0 saturated carbocycles. The van der Waals surface area contributed by atoms with Crippen LogP contribution in [0.2, 0.25) is 0 Å². The van der Waals surface area contributed by atoms with Crippen LogP contribution >= 0.6 is 23.5 Å². The maximum absolute atomic E-state index is 11.7. The molecule has 0 fully saturated rings. The van der Waals surface area contributed by atoms with Gasteiger partial charge in [-0.25, -0.2) is 4.79 Å². The van der Waals surface area contributed by atoms with Gasteiger partial charge in [-0.3, -0.25) is 9.59 Å². The second kappa shape index (κ2) is 11.2. The van der Waals surface area contributed by atoms with Crippen LogP contribution in [0.4, 0.5) is 0 Å². The number of carbonyl (C=O) groups is 3. The molecule has 0 saturated heterocycles.